The van der Waals surface area contributed by atoms with Gasteiger partial charge in [-0.05, 0) is 28.5 Å². The minimum atomic E-state index is -3.79. The first kappa shape index (κ1) is 20.5. The Bertz CT molecular complexity index is 1480. The van der Waals surface area contributed by atoms with Gasteiger partial charge in [-0.3, -0.25) is 0 Å². The number of aromatic nitrogens is 2. The van der Waals surface area contributed by atoms with Gasteiger partial charge in [-0.25, -0.2) is 13.4 Å². The first-order valence-electron chi connectivity index (χ1n) is 10.2. The number of sulfone groups is 1. The first-order valence-corrected chi connectivity index (χ1v) is 12.6. The van der Waals surface area contributed by atoms with Crippen molar-refractivity contribution in [1.82, 2.24) is 9.97 Å². The molecule has 5 rings (SSSR count). The van der Waals surface area contributed by atoms with Crippen LogP contribution in [-0.4, -0.2) is 18.4 Å². The normalized spacial score (nSPS) is 11.6. The number of benzene rings is 4. The minimum absolute atomic E-state index is 0.132. The fraction of sp³-hybridized carbons (Fsp3) is 0.0385. The molecule has 158 valence electrons. The summed E-state index contributed by atoms with van der Waals surface area (Å²) in [5, 5.41) is 2.49. The molecular weight excluding hydrogens is 436 g/mol. The second kappa shape index (κ2) is 8.65. The topological polar surface area (TPSA) is 62.8 Å². The molecule has 0 fully saturated rings. The lowest BCUT2D eigenvalue weighted by Crippen LogP contribution is -2.04. The van der Waals surface area contributed by atoms with E-state index in [9.17, 15) is 8.42 Å². The van der Waals surface area contributed by atoms with Crippen LogP contribution in [-0.2, 0) is 15.6 Å². The first-order chi connectivity index (χ1) is 15.6. The van der Waals surface area contributed by atoms with Crippen molar-refractivity contribution in [2.75, 3.05) is 0 Å². The zero-order valence-corrected chi connectivity index (χ0v) is 18.7. The van der Waals surface area contributed by atoms with Crippen molar-refractivity contribution < 1.29 is 8.42 Å². The monoisotopic (exact) mass is 456 g/mol. The quantitative estimate of drug-likeness (QED) is 0.302. The lowest BCUT2D eigenvalue weighted by molar-refractivity contribution is 0.590. The second-order valence-electron chi connectivity index (χ2n) is 7.37. The molecule has 1 heterocycles. The largest absolute Gasteiger partial charge is 0.328 e. The summed E-state index contributed by atoms with van der Waals surface area (Å²) in [7, 11) is -3.79. The van der Waals surface area contributed by atoms with Crippen LogP contribution < -0.4 is 0 Å². The highest BCUT2D eigenvalue weighted by Crippen LogP contribution is 2.34. The Balaban J connectivity index is 1.59. The Morgan fingerprint density at radius 2 is 1.41 bits per heavy atom. The van der Waals surface area contributed by atoms with Gasteiger partial charge in [0.2, 0.25) is 9.84 Å². The molecular formula is C26H20N2O2S2. The van der Waals surface area contributed by atoms with Crippen LogP contribution in [0, 0.1) is 0 Å². The van der Waals surface area contributed by atoms with Gasteiger partial charge in [-0.1, -0.05) is 103 Å². The number of H-pyrrole nitrogens is 1. The van der Waals surface area contributed by atoms with Crippen molar-refractivity contribution in [2.45, 2.75) is 20.7 Å². The summed E-state index contributed by atoms with van der Waals surface area (Å²) in [5.74, 6) is 1.17. The molecule has 5 aromatic rings. The Kier molecular flexibility index (Phi) is 5.55. The van der Waals surface area contributed by atoms with Crippen molar-refractivity contribution >= 4 is 32.4 Å². The van der Waals surface area contributed by atoms with Crippen LogP contribution in [0.5, 0.6) is 0 Å². The maximum atomic E-state index is 13.7. The highest BCUT2D eigenvalue weighted by atomic mass is 32.2. The average molecular weight is 457 g/mol. The number of nitrogens with zero attached hydrogens (tertiary/aromatic N) is 1. The number of nitrogens with one attached hydrogen (secondary N) is 1. The molecule has 1 N–H and O–H groups in total. The van der Waals surface area contributed by atoms with Crippen LogP contribution in [0.3, 0.4) is 0 Å². The van der Waals surface area contributed by atoms with Gasteiger partial charge in [-0.15, -0.1) is 0 Å². The van der Waals surface area contributed by atoms with E-state index in [1.165, 1.54) is 11.8 Å². The number of hydrogen-bond acceptors (Lipinski definition) is 4. The molecule has 0 radical (unpaired) electrons. The van der Waals surface area contributed by atoms with Crippen LogP contribution in [0.2, 0.25) is 0 Å². The number of aromatic amines is 1. The molecule has 0 aliphatic rings. The summed E-state index contributed by atoms with van der Waals surface area (Å²) in [6.07, 6.45) is 0. The van der Waals surface area contributed by atoms with E-state index in [1.54, 1.807) is 12.1 Å². The summed E-state index contributed by atoms with van der Waals surface area (Å²) in [4.78, 5) is 8.03. The molecule has 4 nitrogen and oxygen atoms in total. The van der Waals surface area contributed by atoms with Gasteiger partial charge in [0.1, 0.15) is 10.9 Å². The van der Waals surface area contributed by atoms with Crippen molar-refractivity contribution in [3.05, 3.63) is 109 Å². The Morgan fingerprint density at radius 3 is 2.16 bits per heavy atom. The third kappa shape index (κ3) is 4.07. The Morgan fingerprint density at radius 1 is 0.750 bits per heavy atom. The van der Waals surface area contributed by atoms with Crippen molar-refractivity contribution in [3.8, 4) is 11.4 Å². The maximum absolute atomic E-state index is 13.7. The van der Waals surface area contributed by atoms with E-state index in [-0.39, 0.29) is 9.92 Å². The van der Waals surface area contributed by atoms with Crippen LogP contribution in [0.4, 0.5) is 0 Å². The summed E-state index contributed by atoms with van der Waals surface area (Å²) in [5.41, 5.74) is 1.95. The van der Waals surface area contributed by atoms with Crippen LogP contribution >= 0.6 is 11.8 Å². The zero-order chi connectivity index (χ0) is 22.0. The molecule has 0 aliphatic carbocycles. The van der Waals surface area contributed by atoms with E-state index < -0.39 is 9.84 Å². The fourth-order valence-corrected chi connectivity index (χ4v) is 6.14. The summed E-state index contributed by atoms with van der Waals surface area (Å²) < 4.78 is 27.3. The van der Waals surface area contributed by atoms with Crippen molar-refractivity contribution in [3.63, 3.8) is 0 Å². The van der Waals surface area contributed by atoms with E-state index in [2.05, 4.69) is 9.97 Å². The Hall–Kier alpha value is -3.35. The van der Waals surface area contributed by atoms with Crippen LogP contribution in [0.1, 0.15) is 5.56 Å². The number of hydrogen-bond donors (Lipinski definition) is 1. The van der Waals surface area contributed by atoms with Crippen molar-refractivity contribution in [2.24, 2.45) is 0 Å². The lowest BCUT2D eigenvalue weighted by Gasteiger charge is -2.07. The van der Waals surface area contributed by atoms with Gasteiger partial charge in [0, 0.05) is 11.3 Å². The van der Waals surface area contributed by atoms with E-state index in [1.807, 2.05) is 91.0 Å². The number of imidazole rings is 1. The molecule has 0 amide bonds. The van der Waals surface area contributed by atoms with Gasteiger partial charge in [0.25, 0.3) is 0 Å². The smallest absolute Gasteiger partial charge is 0.224 e. The van der Waals surface area contributed by atoms with Crippen molar-refractivity contribution in [1.29, 1.82) is 0 Å². The van der Waals surface area contributed by atoms with Crippen LogP contribution in [0.15, 0.2) is 118 Å². The fourth-order valence-electron chi connectivity index (χ4n) is 3.53. The second-order valence-corrected chi connectivity index (χ2v) is 10.2. The molecule has 4 aromatic carbocycles. The third-order valence-electron chi connectivity index (χ3n) is 5.21. The summed E-state index contributed by atoms with van der Waals surface area (Å²) >= 11 is 1.42. The number of rotatable bonds is 6. The van der Waals surface area contributed by atoms with Gasteiger partial charge in [0.05, 0.1) is 4.90 Å². The lowest BCUT2D eigenvalue weighted by atomic mass is 10.1. The summed E-state index contributed by atoms with van der Waals surface area (Å²) in [6, 6.07) is 32.5. The SMILES string of the molecule is O=S(=O)(c1ccc2ccccc2c1)c1[nH]c(-c2ccccc2)nc1SCc1ccccc1. The van der Waals surface area contributed by atoms with E-state index >= 15 is 0 Å². The zero-order valence-electron chi connectivity index (χ0n) is 17.1. The number of thioether (sulfide) groups is 1. The van der Waals surface area contributed by atoms with Gasteiger partial charge < -0.3 is 4.98 Å². The Labute approximate surface area is 191 Å². The molecule has 32 heavy (non-hydrogen) atoms. The highest BCUT2D eigenvalue weighted by molar-refractivity contribution is 7.99. The van der Waals surface area contributed by atoms with E-state index in [0.29, 0.717) is 16.6 Å². The molecule has 0 spiro atoms. The predicted molar refractivity (Wildman–Crippen MR) is 129 cm³/mol. The minimum Gasteiger partial charge on any atom is -0.328 e. The molecule has 6 heteroatoms. The standard InChI is InChI=1S/C26H20N2O2S2/c29-32(30,23-16-15-20-11-7-8-14-22(20)17-23)26-25(31-18-19-9-3-1-4-10-19)27-24(28-26)21-12-5-2-6-13-21/h1-17H,18H2,(H,27,28). The molecule has 1 aromatic heterocycles. The summed E-state index contributed by atoms with van der Waals surface area (Å²) in [6.45, 7) is 0. The van der Waals surface area contributed by atoms with Crippen LogP contribution in [0.25, 0.3) is 22.2 Å². The molecule has 0 unspecified atom stereocenters. The maximum Gasteiger partial charge on any atom is 0.224 e. The molecule has 0 bridgehead atoms. The van der Waals surface area contributed by atoms with Gasteiger partial charge in [0.15, 0.2) is 5.03 Å². The third-order valence-corrected chi connectivity index (χ3v) is 8.09. The highest BCUT2D eigenvalue weighted by Gasteiger charge is 2.26. The van der Waals surface area contributed by atoms with Gasteiger partial charge in [-0.2, -0.15) is 0 Å². The van der Waals surface area contributed by atoms with E-state index in [0.717, 1.165) is 21.9 Å². The predicted octanol–water partition coefficient (Wildman–Crippen LogP) is 6.36. The molecule has 0 saturated carbocycles. The molecule has 0 aliphatic heterocycles. The number of fused-ring (bicyclic) bond motifs is 1. The molecule has 0 atom stereocenters. The van der Waals surface area contributed by atoms with E-state index in [4.69, 9.17) is 0 Å². The van der Waals surface area contributed by atoms with Gasteiger partial charge >= 0.3 is 0 Å². The molecule has 0 saturated heterocycles. The average Bonchev–Trinajstić information content (AvgIpc) is 3.29.